The number of piperidine rings is 1. The van der Waals surface area contributed by atoms with Gasteiger partial charge in [-0.25, -0.2) is 0 Å². The van der Waals surface area contributed by atoms with Crippen molar-refractivity contribution in [3.8, 4) is 0 Å². The summed E-state index contributed by atoms with van der Waals surface area (Å²) in [6, 6.07) is 11.3. The van der Waals surface area contributed by atoms with Gasteiger partial charge in [0.15, 0.2) is 0 Å². The van der Waals surface area contributed by atoms with Crippen molar-refractivity contribution < 1.29 is 4.79 Å². The predicted molar refractivity (Wildman–Crippen MR) is 120 cm³/mol. The van der Waals surface area contributed by atoms with Crippen LogP contribution in [0.15, 0.2) is 42.0 Å². The summed E-state index contributed by atoms with van der Waals surface area (Å²) in [5.74, 6) is 1.50. The van der Waals surface area contributed by atoms with Crippen molar-refractivity contribution >= 4 is 5.91 Å². The molecule has 1 heterocycles. The first-order valence-corrected chi connectivity index (χ1v) is 11.7. The van der Waals surface area contributed by atoms with Crippen LogP contribution in [-0.2, 0) is 10.2 Å². The zero-order valence-corrected chi connectivity index (χ0v) is 18.5. The summed E-state index contributed by atoms with van der Waals surface area (Å²) in [5.41, 5.74) is 8.98. The van der Waals surface area contributed by atoms with E-state index in [1.807, 2.05) is 0 Å². The van der Waals surface area contributed by atoms with Gasteiger partial charge in [-0.15, -0.1) is 0 Å². The van der Waals surface area contributed by atoms with Crippen molar-refractivity contribution in [3.05, 3.63) is 47.5 Å². The highest BCUT2D eigenvalue weighted by atomic mass is 16.2. The molecule has 4 rings (SSSR count). The van der Waals surface area contributed by atoms with E-state index >= 15 is 0 Å². The fraction of sp³-hybridized carbons (Fsp3) is 0.654. The summed E-state index contributed by atoms with van der Waals surface area (Å²) >= 11 is 0. The molecule has 1 aromatic rings. The first-order chi connectivity index (χ1) is 13.9. The number of allylic oxidation sites excluding steroid dienone is 2. The summed E-state index contributed by atoms with van der Waals surface area (Å²) in [6.45, 7) is 8.55. The van der Waals surface area contributed by atoms with E-state index in [9.17, 15) is 4.79 Å². The molecule has 1 saturated heterocycles. The minimum atomic E-state index is -0.285. The molecule has 0 aromatic heterocycles. The highest BCUT2D eigenvalue weighted by Gasteiger charge is 2.55. The third-order valence-electron chi connectivity index (χ3n) is 7.97. The Hall–Kier alpha value is -1.61. The van der Waals surface area contributed by atoms with Gasteiger partial charge in [0.1, 0.15) is 0 Å². The van der Waals surface area contributed by atoms with Crippen LogP contribution in [0.25, 0.3) is 0 Å². The Morgan fingerprint density at radius 1 is 1.17 bits per heavy atom. The molecule has 4 atom stereocenters. The van der Waals surface area contributed by atoms with Crippen molar-refractivity contribution in [2.75, 3.05) is 13.1 Å². The molecule has 3 nitrogen and oxygen atoms in total. The quantitative estimate of drug-likeness (QED) is 0.729. The molecule has 1 amide bonds. The van der Waals surface area contributed by atoms with Crippen LogP contribution in [0.3, 0.4) is 0 Å². The van der Waals surface area contributed by atoms with Gasteiger partial charge >= 0.3 is 0 Å². The SMILES string of the molecule is CC/C=C1\C(C)CC2(c3ccccc3)CC1CC(C)(C(=O)N1CCC(N)CC1)C2. The molecule has 4 unspecified atom stereocenters. The van der Waals surface area contributed by atoms with Crippen LogP contribution >= 0.6 is 0 Å². The number of likely N-dealkylation sites (tertiary alicyclic amines) is 1. The van der Waals surface area contributed by atoms with Gasteiger partial charge in [-0.2, -0.15) is 0 Å². The van der Waals surface area contributed by atoms with E-state index in [0.717, 1.165) is 51.6 Å². The van der Waals surface area contributed by atoms with Gasteiger partial charge in [0.05, 0.1) is 0 Å². The second-order valence-electron chi connectivity index (χ2n) is 10.3. The number of nitrogens with two attached hydrogens (primary N) is 1. The molecule has 29 heavy (non-hydrogen) atoms. The van der Waals surface area contributed by atoms with E-state index in [2.05, 4.69) is 62.1 Å². The van der Waals surface area contributed by atoms with Gasteiger partial charge in [0, 0.05) is 24.5 Å². The van der Waals surface area contributed by atoms with Crippen LogP contribution in [0.4, 0.5) is 0 Å². The van der Waals surface area contributed by atoms with Gasteiger partial charge in [-0.05, 0) is 67.8 Å². The van der Waals surface area contributed by atoms with Crippen molar-refractivity contribution in [1.29, 1.82) is 0 Å². The third kappa shape index (κ3) is 3.79. The Morgan fingerprint density at radius 3 is 2.52 bits per heavy atom. The minimum Gasteiger partial charge on any atom is -0.342 e. The number of hydrogen-bond acceptors (Lipinski definition) is 2. The summed E-state index contributed by atoms with van der Waals surface area (Å²) in [6.07, 6.45) is 9.75. The van der Waals surface area contributed by atoms with Gasteiger partial charge in [-0.3, -0.25) is 4.79 Å². The van der Waals surface area contributed by atoms with Crippen LogP contribution < -0.4 is 5.73 Å². The lowest BCUT2D eigenvalue weighted by atomic mass is 9.49. The predicted octanol–water partition coefficient (Wildman–Crippen LogP) is 5.06. The summed E-state index contributed by atoms with van der Waals surface area (Å²) in [4.78, 5) is 15.9. The number of rotatable bonds is 3. The molecule has 0 radical (unpaired) electrons. The molecule has 2 aliphatic carbocycles. The topological polar surface area (TPSA) is 46.3 Å². The number of amides is 1. The fourth-order valence-electron chi connectivity index (χ4n) is 6.86. The standard InChI is InChI=1S/C26H38N2O/c1-4-8-23-19(2)15-26(21-9-6-5-7-10-21)17-20(23)16-25(3,18-26)24(29)28-13-11-22(27)12-14-28/h5-10,19-20,22H,4,11-18,27H2,1-3H3/b23-8+. The van der Waals surface area contributed by atoms with Crippen LogP contribution in [0, 0.1) is 17.3 Å². The zero-order valence-electron chi connectivity index (χ0n) is 18.5. The van der Waals surface area contributed by atoms with Crippen molar-refractivity contribution in [1.82, 2.24) is 4.90 Å². The summed E-state index contributed by atoms with van der Waals surface area (Å²) in [7, 11) is 0. The van der Waals surface area contributed by atoms with Gasteiger partial charge < -0.3 is 10.6 Å². The second-order valence-corrected chi connectivity index (χ2v) is 10.3. The fourth-order valence-corrected chi connectivity index (χ4v) is 6.86. The molecule has 158 valence electrons. The first kappa shape index (κ1) is 20.7. The van der Waals surface area contributed by atoms with E-state index in [1.165, 1.54) is 12.0 Å². The Bertz CT molecular complexity index is 760. The molecule has 1 aliphatic heterocycles. The number of hydrogen-bond donors (Lipinski definition) is 1. The lowest BCUT2D eigenvalue weighted by Crippen LogP contribution is -2.55. The Balaban J connectivity index is 1.70. The number of nitrogens with zero attached hydrogens (tertiary/aromatic N) is 1. The molecule has 0 spiro atoms. The zero-order chi connectivity index (χ0) is 20.6. The molecule has 3 fully saturated rings. The number of fused-ring (bicyclic) bond motifs is 2. The average molecular weight is 395 g/mol. The molecule has 2 N–H and O–H groups in total. The molecule has 3 heteroatoms. The third-order valence-corrected chi connectivity index (χ3v) is 7.97. The molecular weight excluding hydrogens is 356 g/mol. The maximum atomic E-state index is 13.8. The number of benzene rings is 1. The van der Waals surface area contributed by atoms with E-state index in [4.69, 9.17) is 5.73 Å². The summed E-state index contributed by atoms with van der Waals surface area (Å²) in [5, 5.41) is 0. The monoisotopic (exact) mass is 394 g/mol. The van der Waals surface area contributed by atoms with Gasteiger partial charge in [0.2, 0.25) is 5.91 Å². The number of carbonyl (C=O) groups is 1. The van der Waals surface area contributed by atoms with Crippen molar-refractivity contribution in [3.63, 3.8) is 0 Å². The number of carbonyl (C=O) groups excluding carboxylic acids is 1. The van der Waals surface area contributed by atoms with E-state index in [-0.39, 0.29) is 16.9 Å². The van der Waals surface area contributed by atoms with Crippen LogP contribution in [0.1, 0.15) is 71.3 Å². The lowest BCUT2D eigenvalue weighted by molar-refractivity contribution is -0.147. The van der Waals surface area contributed by atoms with Crippen LogP contribution in [0.5, 0.6) is 0 Å². The summed E-state index contributed by atoms with van der Waals surface area (Å²) < 4.78 is 0. The molecule has 1 aromatic carbocycles. The highest BCUT2D eigenvalue weighted by Crippen LogP contribution is 2.60. The maximum absolute atomic E-state index is 13.8. The largest absolute Gasteiger partial charge is 0.342 e. The highest BCUT2D eigenvalue weighted by molar-refractivity contribution is 5.83. The Labute approximate surface area is 176 Å². The average Bonchev–Trinajstić information content (AvgIpc) is 2.71. The molecule has 2 bridgehead atoms. The van der Waals surface area contributed by atoms with Gasteiger partial charge in [-0.1, -0.05) is 62.8 Å². The van der Waals surface area contributed by atoms with Crippen LogP contribution in [-0.4, -0.2) is 29.9 Å². The Kier molecular flexibility index (Phi) is 5.63. The van der Waals surface area contributed by atoms with E-state index in [0.29, 0.717) is 17.7 Å². The molecule has 2 saturated carbocycles. The normalized spacial score (nSPS) is 37.0. The Morgan fingerprint density at radius 2 is 1.86 bits per heavy atom. The smallest absolute Gasteiger partial charge is 0.228 e. The van der Waals surface area contributed by atoms with E-state index < -0.39 is 0 Å². The van der Waals surface area contributed by atoms with Gasteiger partial charge in [0.25, 0.3) is 0 Å². The van der Waals surface area contributed by atoms with Crippen molar-refractivity contribution in [2.24, 2.45) is 23.0 Å². The molecular formula is C26H38N2O. The van der Waals surface area contributed by atoms with Crippen molar-refractivity contribution in [2.45, 2.75) is 77.2 Å². The second kappa shape index (κ2) is 7.91. The van der Waals surface area contributed by atoms with Crippen LogP contribution in [0.2, 0.25) is 0 Å². The molecule has 3 aliphatic rings. The minimum absolute atomic E-state index is 0.116. The maximum Gasteiger partial charge on any atom is 0.228 e. The van der Waals surface area contributed by atoms with E-state index in [1.54, 1.807) is 5.57 Å². The first-order valence-electron chi connectivity index (χ1n) is 11.7. The lowest BCUT2D eigenvalue weighted by Gasteiger charge is -2.56.